The van der Waals surface area contributed by atoms with Crippen molar-refractivity contribution < 1.29 is 45.2 Å². The number of allylic oxidation sites excluding steroid dienone is 2. The molecule has 0 aromatic carbocycles. The average molecular weight is 402 g/mol. The Bertz CT molecular complexity index is 752. The summed E-state index contributed by atoms with van der Waals surface area (Å²) in [7, 11) is -4.88. The summed E-state index contributed by atoms with van der Waals surface area (Å²) >= 11 is 0. The Balaban J connectivity index is 5.63. The number of carbonyl (C=O) groups excluding carboxylic acids is 2. The molecule has 0 atom stereocenters. The molecule has 0 unspecified atom stereocenters. The van der Waals surface area contributed by atoms with Gasteiger partial charge >= 0.3 is 21.6 Å². The van der Waals surface area contributed by atoms with Gasteiger partial charge in [0, 0.05) is 6.08 Å². The van der Waals surface area contributed by atoms with E-state index in [0.717, 1.165) is 14.0 Å². The molecule has 0 rings (SSSR count). The number of hydrogen-bond donors (Lipinski definition) is 2. The second-order valence-corrected chi connectivity index (χ2v) is 6.74. The third-order valence-electron chi connectivity index (χ3n) is 2.60. The summed E-state index contributed by atoms with van der Waals surface area (Å²) in [6.45, 7) is 6.34. The van der Waals surface area contributed by atoms with Crippen molar-refractivity contribution >= 4 is 28.7 Å². The molecular weight excluding hydrogens is 385 g/mol. The van der Waals surface area contributed by atoms with Gasteiger partial charge in [-0.15, -0.1) is 0 Å². The Morgan fingerprint density at radius 2 is 1.77 bits per heavy atom. The van der Waals surface area contributed by atoms with Crippen LogP contribution in [0.1, 0.15) is 20.8 Å². The van der Waals surface area contributed by atoms with Crippen LogP contribution in [0.2, 0.25) is 0 Å². The van der Waals surface area contributed by atoms with E-state index in [1.165, 1.54) is 13.8 Å². The summed E-state index contributed by atoms with van der Waals surface area (Å²) in [5.74, 6) is -3.91. The van der Waals surface area contributed by atoms with Gasteiger partial charge in [-0.3, -0.25) is 9.79 Å². The lowest BCUT2D eigenvalue weighted by atomic mass is 10.1. The van der Waals surface area contributed by atoms with Gasteiger partial charge in [0.25, 0.3) is 5.91 Å². The van der Waals surface area contributed by atoms with Crippen LogP contribution in [0.3, 0.4) is 0 Å². The smallest absolute Gasteiger partial charge is 0.505 e. The van der Waals surface area contributed by atoms with Crippen molar-refractivity contribution in [2.45, 2.75) is 31.8 Å². The van der Waals surface area contributed by atoms with E-state index >= 15 is 0 Å². The number of hydrogen-bond acceptors (Lipinski definition) is 8. The molecule has 0 heterocycles. The lowest BCUT2D eigenvalue weighted by Crippen LogP contribution is -2.50. The molecule has 2 N–H and O–H groups in total. The number of aliphatic hydroxyl groups is 1. The molecule has 0 aliphatic rings. The number of aliphatic imine (C=N–C) groups is 1. The molecule has 0 aromatic rings. The number of ether oxygens (including phenoxy) is 1. The van der Waals surface area contributed by atoms with Crippen LogP contribution in [0.4, 0.5) is 13.2 Å². The number of aliphatic hydroxyl groups excluding tert-OH is 1. The zero-order valence-corrected chi connectivity index (χ0v) is 15.0. The Kier molecular flexibility index (Phi) is 7.39. The van der Waals surface area contributed by atoms with Crippen LogP contribution >= 0.6 is 0 Å². The second kappa shape index (κ2) is 8.21. The number of rotatable bonds is 7. The Morgan fingerprint density at radius 1 is 1.27 bits per heavy atom. The first-order valence-corrected chi connectivity index (χ1v) is 7.99. The molecule has 13 heteroatoms. The van der Waals surface area contributed by atoms with Gasteiger partial charge in [0.15, 0.2) is 5.70 Å². The van der Waals surface area contributed by atoms with Crippen LogP contribution in [0, 0.1) is 0 Å². The lowest BCUT2D eigenvalue weighted by molar-refractivity contribution is -0.148. The van der Waals surface area contributed by atoms with Crippen molar-refractivity contribution in [3.63, 3.8) is 0 Å². The molecule has 1 amide bonds. The fraction of sp³-hybridized carbons (Fsp3) is 0.462. The Morgan fingerprint density at radius 3 is 2.15 bits per heavy atom. The zero-order chi connectivity index (χ0) is 20.9. The van der Waals surface area contributed by atoms with Crippen LogP contribution < -0.4 is 5.32 Å². The van der Waals surface area contributed by atoms with Crippen LogP contribution in [0.15, 0.2) is 28.3 Å². The molecule has 0 aromatic heterocycles. The number of alkyl halides is 3. The van der Waals surface area contributed by atoms with E-state index in [2.05, 4.69) is 25.9 Å². The first-order chi connectivity index (χ1) is 11.6. The highest BCUT2D eigenvalue weighted by molar-refractivity contribution is 7.87. The maximum atomic E-state index is 12.2. The number of halogens is 3. The van der Waals surface area contributed by atoms with Crippen molar-refractivity contribution in [2.24, 2.45) is 4.99 Å². The third kappa shape index (κ3) is 6.06. The van der Waals surface area contributed by atoms with E-state index in [1.807, 2.05) is 0 Å². The molecular formula is C13H17F3N2O7S. The highest BCUT2D eigenvalue weighted by atomic mass is 32.2. The quantitative estimate of drug-likeness (QED) is 0.125. The Labute approximate surface area is 147 Å². The third-order valence-corrected chi connectivity index (χ3v) is 3.65. The topological polar surface area (TPSA) is 131 Å². The van der Waals surface area contributed by atoms with E-state index in [1.54, 1.807) is 0 Å². The van der Waals surface area contributed by atoms with E-state index < -0.39 is 50.3 Å². The Hall–Kier alpha value is -2.57. The largest absolute Gasteiger partial charge is 0.534 e. The van der Waals surface area contributed by atoms with Gasteiger partial charge < -0.3 is 19.3 Å². The van der Waals surface area contributed by atoms with Gasteiger partial charge in [-0.25, -0.2) is 4.79 Å². The van der Waals surface area contributed by atoms with Crippen molar-refractivity contribution in [1.29, 1.82) is 0 Å². The van der Waals surface area contributed by atoms with Gasteiger partial charge in [-0.2, -0.15) is 21.6 Å². The van der Waals surface area contributed by atoms with Crippen LogP contribution in [0.5, 0.6) is 0 Å². The summed E-state index contributed by atoms with van der Waals surface area (Å²) in [5.41, 5.74) is -8.01. The highest BCUT2D eigenvalue weighted by Gasteiger charge is 2.48. The molecule has 9 nitrogen and oxygen atoms in total. The first kappa shape index (κ1) is 23.4. The van der Waals surface area contributed by atoms with Crippen molar-refractivity contribution in [3.8, 4) is 0 Å². The number of nitrogens with one attached hydrogen (secondary N) is 1. The number of amides is 1. The van der Waals surface area contributed by atoms with Crippen molar-refractivity contribution in [1.82, 2.24) is 5.32 Å². The number of methoxy groups -OCH3 is 1. The maximum Gasteiger partial charge on any atom is 0.534 e. The fourth-order valence-electron chi connectivity index (χ4n) is 1.42. The lowest BCUT2D eigenvalue weighted by Gasteiger charge is -2.23. The monoisotopic (exact) mass is 402 g/mol. The minimum absolute atomic E-state index is 0.415. The predicted octanol–water partition coefficient (Wildman–Crippen LogP) is 1.29. The molecule has 0 radical (unpaired) electrons. The number of esters is 1. The number of carbonyl (C=O) groups is 2. The molecule has 0 saturated carbocycles. The fourth-order valence-corrected chi connectivity index (χ4v) is 1.91. The van der Waals surface area contributed by atoms with E-state index in [0.29, 0.717) is 6.08 Å². The van der Waals surface area contributed by atoms with E-state index in [-0.39, 0.29) is 0 Å². The standard InChI is InChI=1S/C13H17F3N2O7S/c1-7(25-26(22,23)13(14,15)16)6-8(19)9(17-4)10(20)18-12(2,3)11(21)24-5/h6,19H,4H2,1-3,5H3,(H,18,20)/b7-6+,9-8+. The second-order valence-electron chi connectivity index (χ2n) is 5.20. The molecule has 148 valence electrons. The minimum Gasteiger partial charge on any atom is -0.505 e. The molecule has 0 aliphatic carbocycles. The van der Waals surface area contributed by atoms with E-state index in [9.17, 15) is 36.3 Å². The van der Waals surface area contributed by atoms with Gasteiger partial charge in [0.1, 0.15) is 17.1 Å². The molecule has 0 saturated heterocycles. The van der Waals surface area contributed by atoms with Gasteiger partial charge in [0.05, 0.1) is 7.11 Å². The predicted molar refractivity (Wildman–Crippen MR) is 83.3 cm³/mol. The highest BCUT2D eigenvalue weighted by Crippen LogP contribution is 2.26. The molecule has 0 aliphatic heterocycles. The minimum atomic E-state index is -5.95. The normalized spacial score (nSPS) is 14.2. The van der Waals surface area contributed by atoms with Crippen LogP contribution in [-0.2, 0) is 28.6 Å². The molecule has 0 fully saturated rings. The summed E-state index contributed by atoms with van der Waals surface area (Å²) in [5, 5.41) is 11.9. The summed E-state index contributed by atoms with van der Waals surface area (Å²) < 4.78 is 66.6. The summed E-state index contributed by atoms with van der Waals surface area (Å²) in [4.78, 5) is 26.7. The van der Waals surface area contributed by atoms with Gasteiger partial charge in [-0.1, -0.05) is 0 Å². The van der Waals surface area contributed by atoms with Crippen LogP contribution in [0.25, 0.3) is 0 Å². The molecule has 0 spiro atoms. The first-order valence-electron chi connectivity index (χ1n) is 6.59. The summed E-state index contributed by atoms with van der Waals surface area (Å²) in [6.07, 6.45) is 0.415. The molecule has 26 heavy (non-hydrogen) atoms. The molecule has 0 bridgehead atoms. The SMILES string of the molecule is C=N/C(C(=O)NC(C)(C)C(=O)OC)=C(O)\C=C(/C)OS(=O)(=O)C(F)(F)F. The van der Waals surface area contributed by atoms with Crippen molar-refractivity contribution in [2.75, 3.05) is 7.11 Å². The van der Waals surface area contributed by atoms with Gasteiger partial charge in [0.2, 0.25) is 0 Å². The maximum absolute atomic E-state index is 12.2. The zero-order valence-electron chi connectivity index (χ0n) is 14.2. The van der Waals surface area contributed by atoms with Gasteiger partial charge in [-0.05, 0) is 27.5 Å². The van der Waals surface area contributed by atoms with Crippen LogP contribution in [-0.4, -0.2) is 50.3 Å². The van der Waals surface area contributed by atoms with Crippen molar-refractivity contribution in [3.05, 3.63) is 23.3 Å². The average Bonchev–Trinajstić information content (AvgIpc) is 2.44. The number of nitrogens with zero attached hydrogens (tertiary/aromatic N) is 1. The summed E-state index contributed by atoms with van der Waals surface area (Å²) in [6, 6.07) is 0. The van der Waals surface area contributed by atoms with E-state index in [4.69, 9.17) is 0 Å².